The Morgan fingerprint density at radius 3 is 2.53 bits per heavy atom. The van der Waals surface area contributed by atoms with Crippen LogP contribution in [-0.2, 0) is 20.6 Å². The number of alkyl halides is 3. The molecule has 1 unspecified atom stereocenters. The number of halogens is 3. The fraction of sp³-hybridized carbons (Fsp3) is 0.417. The summed E-state index contributed by atoms with van der Waals surface area (Å²) in [5.41, 5.74) is -0.926. The standard InChI is InChI=1S/C24H27F3N6O3/c25-24(26,27)17-4-3-5-18(14-17)30-21(34)15-19-23(36)29-8-9-33(19)22(35)16-31-10-12-32(13-11-31)20-6-1-2-7-28-20/h1-7,14,19H,8-13,15-16H2,(H,29,36)(H,30,34). The number of aromatic nitrogens is 1. The van der Waals surface area contributed by atoms with E-state index in [0.29, 0.717) is 26.2 Å². The first kappa shape index (κ1) is 25.4. The van der Waals surface area contributed by atoms with Gasteiger partial charge in [0.2, 0.25) is 17.7 Å². The Morgan fingerprint density at radius 1 is 1.06 bits per heavy atom. The number of hydrogen-bond acceptors (Lipinski definition) is 6. The molecule has 3 amide bonds. The molecule has 36 heavy (non-hydrogen) atoms. The maximum atomic E-state index is 13.1. The van der Waals surface area contributed by atoms with Crippen LogP contribution in [0.25, 0.3) is 0 Å². The first-order valence-corrected chi connectivity index (χ1v) is 11.6. The lowest BCUT2D eigenvalue weighted by Crippen LogP contribution is -2.60. The Balaban J connectivity index is 1.34. The SMILES string of the molecule is O=C(CC1C(=O)NCCN1C(=O)CN1CCN(c2ccccn2)CC1)Nc1cccc(C(F)(F)F)c1. The third kappa shape index (κ3) is 6.30. The quantitative estimate of drug-likeness (QED) is 0.620. The molecule has 192 valence electrons. The fourth-order valence-electron chi connectivity index (χ4n) is 4.34. The van der Waals surface area contributed by atoms with Gasteiger partial charge in [0.15, 0.2) is 0 Å². The number of carbonyl (C=O) groups is 3. The van der Waals surface area contributed by atoms with Crippen molar-refractivity contribution in [1.29, 1.82) is 0 Å². The number of pyridine rings is 1. The molecule has 0 aliphatic carbocycles. The van der Waals surface area contributed by atoms with Crippen molar-refractivity contribution >= 4 is 29.2 Å². The molecule has 12 heteroatoms. The van der Waals surface area contributed by atoms with Gasteiger partial charge >= 0.3 is 6.18 Å². The van der Waals surface area contributed by atoms with Crippen LogP contribution in [0.3, 0.4) is 0 Å². The minimum Gasteiger partial charge on any atom is -0.354 e. The predicted octanol–water partition coefficient (Wildman–Crippen LogP) is 1.58. The minimum atomic E-state index is -4.55. The van der Waals surface area contributed by atoms with Crippen LogP contribution in [0.15, 0.2) is 48.7 Å². The van der Waals surface area contributed by atoms with Gasteiger partial charge in [0.25, 0.3) is 0 Å². The van der Waals surface area contributed by atoms with Crippen LogP contribution in [0, 0.1) is 0 Å². The second-order valence-corrected chi connectivity index (χ2v) is 8.68. The summed E-state index contributed by atoms with van der Waals surface area (Å²) in [5, 5.41) is 5.06. The van der Waals surface area contributed by atoms with Crippen molar-refractivity contribution in [3.8, 4) is 0 Å². The number of carbonyl (C=O) groups excluding carboxylic acids is 3. The summed E-state index contributed by atoms with van der Waals surface area (Å²) in [6, 6.07) is 8.92. The van der Waals surface area contributed by atoms with Gasteiger partial charge in [-0.3, -0.25) is 19.3 Å². The number of benzene rings is 1. The Bertz CT molecular complexity index is 1090. The zero-order valence-corrected chi connectivity index (χ0v) is 19.5. The second kappa shape index (κ2) is 10.9. The molecule has 1 atom stereocenters. The van der Waals surface area contributed by atoms with Crippen LogP contribution in [-0.4, -0.2) is 84.4 Å². The van der Waals surface area contributed by atoms with E-state index in [1.165, 1.54) is 17.0 Å². The van der Waals surface area contributed by atoms with Gasteiger partial charge in [-0.05, 0) is 30.3 Å². The third-order valence-electron chi connectivity index (χ3n) is 6.21. The summed E-state index contributed by atoms with van der Waals surface area (Å²) in [6.07, 6.45) is -3.17. The van der Waals surface area contributed by atoms with Gasteiger partial charge in [-0.1, -0.05) is 12.1 Å². The number of anilines is 2. The lowest BCUT2D eigenvalue weighted by molar-refractivity contribution is -0.145. The predicted molar refractivity (Wildman–Crippen MR) is 126 cm³/mol. The van der Waals surface area contributed by atoms with E-state index in [9.17, 15) is 27.6 Å². The molecule has 4 rings (SSSR count). The monoisotopic (exact) mass is 504 g/mol. The molecule has 1 aromatic carbocycles. The topological polar surface area (TPSA) is 97.9 Å². The van der Waals surface area contributed by atoms with E-state index in [1.54, 1.807) is 6.20 Å². The molecule has 2 saturated heterocycles. The molecule has 3 heterocycles. The maximum absolute atomic E-state index is 13.1. The number of rotatable bonds is 6. The van der Waals surface area contributed by atoms with Crippen molar-refractivity contribution in [3.05, 3.63) is 54.2 Å². The van der Waals surface area contributed by atoms with Gasteiger partial charge in [0, 0.05) is 51.2 Å². The highest BCUT2D eigenvalue weighted by Crippen LogP contribution is 2.30. The summed E-state index contributed by atoms with van der Waals surface area (Å²) in [7, 11) is 0. The Hall–Kier alpha value is -3.67. The zero-order valence-electron chi connectivity index (χ0n) is 19.5. The second-order valence-electron chi connectivity index (χ2n) is 8.68. The lowest BCUT2D eigenvalue weighted by atomic mass is 10.1. The first-order valence-electron chi connectivity index (χ1n) is 11.6. The number of amides is 3. The van der Waals surface area contributed by atoms with Crippen LogP contribution in [0.4, 0.5) is 24.7 Å². The molecule has 2 fully saturated rings. The Morgan fingerprint density at radius 2 is 1.83 bits per heavy atom. The Labute approximate surface area is 206 Å². The van der Waals surface area contributed by atoms with Crippen molar-refractivity contribution in [2.75, 3.05) is 56.0 Å². The summed E-state index contributed by atoms with van der Waals surface area (Å²) in [6.45, 7) is 3.31. The largest absolute Gasteiger partial charge is 0.416 e. The van der Waals surface area contributed by atoms with Gasteiger partial charge in [0.1, 0.15) is 11.9 Å². The van der Waals surface area contributed by atoms with Gasteiger partial charge < -0.3 is 20.4 Å². The summed E-state index contributed by atoms with van der Waals surface area (Å²) >= 11 is 0. The minimum absolute atomic E-state index is 0.0327. The van der Waals surface area contributed by atoms with Crippen LogP contribution in [0.1, 0.15) is 12.0 Å². The van der Waals surface area contributed by atoms with Crippen LogP contribution >= 0.6 is 0 Å². The lowest BCUT2D eigenvalue weighted by Gasteiger charge is -2.38. The average molecular weight is 505 g/mol. The van der Waals surface area contributed by atoms with Gasteiger partial charge in [0.05, 0.1) is 18.5 Å². The molecule has 0 saturated carbocycles. The molecule has 9 nitrogen and oxygen atoms in total. The third-order valence-corrected chi connectivity index (χ3v) is 6.21. The molecular formula is C24H27F3N6O3. The van der Waals surface area contributed by atoms with E-state index in [1.807, 2.05) is 23.1 Å². The molecule has 2 aliphatic rings. The van der Waals surface area contributed by atoms with E-state index < -0.39 is 29.6 Å². The smallest absolute Gasteiger partial charge is 0.354 e. The highest BCUT2D eigenvalue weighted by molar-refractivity contribution is 5.97. The molecule has 1 aromatic heterocycles. The van der Waals surface area contributed by atoms with Crippen LogP contribution < -0.4 is 15.5 Å². The number of piperazine rings is 2. The average Bonchev–Trinajstić information content (AvgIpc) is 2.86. The van der Waals surface area contributed by atoms with E-state index in [2.05, 4.69) is 20.5 Å². The number of nitrogens with zero attached hydrogens (tertiary/aromatic N) is 4. The normalized spacial score (nSPS) is 19.1. The molecular weight excluding hydrogens is 477 g/mol. The van der Waals surface area contributed by atoms with Crippen molar-refractivity contribution in [1.82, 2.24) is 20.1 Å². The zero-order chi connectivity index (χ0) is 25.7. The fourth-order valence-corrected chi connectivity index (χ4v) is 4.34. The van der Waals surface area contributed by atoms with E-state index in [4.69, 9.17) is 0 Å². The molecule has 0 bridgehead atoms. The van der Waals surface area contributed by atoms with Gasteiger partial charge in [-0.25, -0.2) is 4.98 Å². The highest BCUT2D eigenvalue weighted by Gasteiger charge is 2.36. The maximum Gasteiger partial charge on any atom is 0.416 e. The van der Waals surface area contributed by atoms with Crippen molar-refractivity contribution < 1.29 is 27.6 Å². The van der Waals surface area contributed by atoms with Crippen LogP contribution in [0.5, 0.6) is 0 Å². The molecule has 2 aromatic rings. The summed E-state index contributed by atoms with van der Waals surface area (Å²) in [4.78, 5) is 48.1. The first-order chi connectivity index (χ1) is 17.2. The van der Waals surface area contributed by atoms with E-state index in [-0.39, 0.29) is 37.6 Å². The number of hydrogen-bond donors (Lipinski definition) is 2. The van der Waals surface area contributed by atoms with Crippen LogP contribution in [0.2, 0.25) is 0 Å². The van der Waals surface area contributed by atoms with Crippen molar-refractivity contribution in [3.63, 3.8) is 0 Å². The highest BCUT2D eigenvalue weighted by atomic mass is 19.4. The van der Waals surface area contributed by atoms with Crippen molar-refractivity contribution in [2.45, 2.75) is 18.6 Å². The Kier molecular flexibility index (Phi) is 7.73. The summed E-state index contributed by atoms with van der Waals surface area (Å²) in [5.74, 6) is -0.511. The van der Waals surface area contributed by atoms with Gasteiger partial charge in [-0.2, -0.15) is 13.2 Å². The van der Waals surface area contributed by atoms with Crippen molar-refractivity contribution in [2.24, 2.45) is 0 Å². The van der Waals surface area contributed by atoms with Gasteiger partial charge in [-0.15, -0.1) is 0 Å². The summed E-state index contributed by atoms with van der Waals surface area (Å²) < 4.78 is 38.9. The number of nitrogens with one attached hydrogen (secondary N) is 2. The molecule has 0 spiro atoms. The van der Waals surface area contributed by atoms with E-state index in [0.717, 1.165) is 18.0 Å². The van der Waals surface area contributed by atoms with E-state index >= 15 is 0 Å². The molecule has 0 radical (unpaired) electrons. The molecule has 2 aliphatic heterocycles. The molecule has 2 N–H and O–H groups in total.